The summed E-state index contributed by atoms with van der Waals surface area (Å²) in [4.78, 5) is 28.4. The molecule has 178 valence electrons. The van der Waals surface area contributed by atoms with Gasteiger partial charge in [0.1, 0.15) is 6.04 Å². The van der Waals surface area contributed by atoms with E-state index in [1.54, 1.807) is 18.2 Å². The van der Waals surface area contributed by atoms with Crippen LogP contribution in [-0.4, -0.2) is 44.3 Å². The molecule has 1 aliphatic rings. The summed E-state index contributed by atoms with van der Waals surface area (Å²) in [6.07, 6.45) is 0.918. The molecule has 34 heavy (non-hydrogen) atoms. The Morgan fingerprint density at radius 3 is 1.85 bits per heavy atom. The van der Waals surface area contributed by atoms with Crippen molar-refractivity contribution in [1.82, 2.24) is 0 Å². The summed E-state index contributed by atoms with van der Waals surface area (Å²) in [5, 5.41) is 6.87. The van der Waals surface area contributed by atoms with Crippen LogP contribution in [0.2, 0.25) is 0 Å². The van der Waals surface area contributed by atoms with Gasteiger partial charge in [0.15, 0.2) is 11.6 Å². The third kappa shape index (κ3) is 5.16. The second-order valence-corrected chi connectivity index (χ2v) is 9.26. The molecule has 4 rings (SSSR count). The van der Waals surface area contributed by atoms with Crippen molar-refractivity contribution in [3.8, 4) is 0 Å². The third-order valence-electron chi connectivity index (χ3n) is 6.20. The predicted octanol–water partition coefficient (Wildman–Crippen LogP) is 0.454. The average Bonchev–Trinajstić information content (AvgIpc) is 2.80. The zero-order valence-corrected chi connectivity index (χ0v) is 20.9. The second-order valence-electron chi connectivity index (χ2n) is 9.26. The molecule has 1 aliphatic carbocycles. The molecule has 3 N–H and O–H groups in total. The van der Waals surface area contributed by atoms with Crippen molar-refractivity contribution in [2.24, 2.45) is 0 Å². The molecule has 0 radical (unpaired) electrons. The topological polar surface area (TPSA) is 62.6 Å². The number of anilines is 2. The van der Waals surface area contributed by atoms with Gasteiger partial charge >= 0.3 is 0 Å². The summed E-state index contributed by atoms with van der Waals surface area (Å²) in [7, 11) is 4.29. The Hall–Kier alpha value is -3.15. The zero-order valence-electron chi connectivity index (χ0n) is 20.1. The summed E-state index contributed by atoms with van der Waals surface area (Å²) in [5.74, 6) is -0.210. The van der Waals surface area contributed by atoms with E-state index in [0.717, 1.165) is 6.42 Å². The van der Waals surface area contributed by atoms with Crippen LogP contribution in [0.4, 0.5) is 11.4 Å². The Kier molecular flexibility index (Phi) is 8.13. The highest BCUT2D eigenvalue weighted by molar-refractivity contribution is 6.31. The normalized spacial score (nSPS) is 13.2. The van der Waals surface area contributed by atoms with Crippen molar-refractivity contribution in [1.29, 1.82) is 0 Å². The molecule has 3 aromatic rings. The zero-order chi connectivity index (χ0) is 23.5. The number of halogens is 1. The highest BCUT2D eigenvalue weighted by Crippen LogP contribution is 2.36. The highest BCUT2D eigenvalue weighted by atomic mass is 35.5. The van der Waals surface area contributed by atoms with Crippen molar-refractivity contribution in [3.05, 3.63) is 94.5 Å². The van der Waals surface area contributed by atoms with Crippen LogP contribution in [0.5, 0.6) is 0 Å². The maximum Gasteiger partial charge on any atom is 0.196 e. The Morgan fingerprint density at radius 1 is 0.765 bits per heavy atom. The predicted molar refractivity (Wildman–Crippen MR) is 134 cm³/mol. The van der Waals surface area contributed by atoms with Crippen molar-refractivity contribution >= 4 is 22.9 Å². The molecule has 1 atom stereocenters. The van der Waals surface area contributed by atoms with E-state index in [9.17, 15) is 9.59 Å². The molecule has 0 aliphatic heterocycles. The Labute approximate surface area is 208 Å². The molecule has 3 aromatic carbocycles. The summed E-state index contributed by atoms with van der Waals surface area (Å²) >= 11 is 0. The standard InChI is InChI=1S/C28H31N3O2.ClH/c1-18(2)30-24-15-14-23(29-17-20(31(3)4)16-19-10-6-5-7-11-19)25-26(24)28(33)22-13-9-8-12-21(22)27(25)32;/h5-15,18,20,29-30H,16-17H2,1-4H3;1H. The van der Waals surface area contributed by atoms with E-state index in [2.05, 4.69) is 49.0 Å². The SMILES string of the molecule is CC(C)Nc1ccc(NCC(Cc2ccccc2)[NH+](C)C)c2c1C(=O)c1ccccc1C2=O.[Cl-]. The number of hydrogen-bond donors (Lipinski definition) is 3. The van der Waals surface area contributed by atoms with Gasteiger partial charge in [-0.1, -0.05) is 54.6 Å². The molecule has 5 nitrogen and oxygen atoms in total. The lowest BCUT2D eigenvalue weighted by atomic mass is 9.82. The summed E-state index contributed by atoms with van der Waals surface area (Å²) < 4.78 is 0. The van der Waals surface area contributed by atoms with Crippen LogP contribution < -0.4 is 27.9 Å². The van der Waals surface area contributed by atoms with Gasteiger partial charge in [0.25, 0.3) is 0 Å². The minimum Gasteiger partial charge on any atom is -1.00 e. The van der Waals surface area contributed by atoms with Crippen LogP contribution in [-0.2, 0) is 6.42 Å². The molecule has 0 bridgehead atoms. The molecule has 0 aromatic heterocycles. The van der Waals surface area contributed by atoms with Crippen LogP contribution >= 0.6 is 0 Å². The fourth-order valence-electron chi connectivity index (χ4n) is 4.41. The molecule has 1 unspecified atom stereocenters. The first kappa shape index (κ1) is 25.5. The number of rotatable bonds is 8. The second kappa shape index (κ2) is 10.9. The molecule has 6 heteroatoms. The van der Waals surface area contributed by atoms with Crippen LogP contribution in [0.25, 0.3) is 0 Å². The van der Waals surface area contributed by atoms with E-state index in [0.29, 0.717) is 46.2 Å². The highest BCUT2D eigenvalue weighted by Gasteiger charge is 2.34. The van der Waals surface area contributed by atoms with Gasteiger partial charge in [-0.05, 0) is 31.5 Å². The molecule has 0 saturated heterocycles. The Balaban J connectivity index is 0.00000324. The van der Waals surface area contributed by atoms with E-state index >= 15 is 0 Å². The summed E-state index contributed by atoms with van der Waals surface area (Å²) in [6.45, 7) is 4.73. The monoisotopic (exact) mass is 477 g/mol. The van der Waals surface area contributed by atoms with Crippen molar-refractivity contribution < 1.29 is 26.9 Å². The molecular weight excluding hydrogens is 446 g/mol. The number of fused-ring (bicyclic) bond motifs is 2. The maximum absolute atomic E-state index is 13.6. The van der Waals surface area contributed by atoms with Crippen LogP contribution in [0.1, 0.15) is 51.3 Å². The first-order valence-electron chi connectivity index (χ1n) is 11.6. The number of carbonyl (C=O) groups is 2. The summed E-state index contributed by atoms with van der Waals surface area (Å²) in [5.41, 5.74) is 4.58. The molecule has 0 amide bonds. The number of carbonyl (C=O) groups excluding carboxylic acids is 2. The number of hydrogen-bond acceptors (Lipinski definition) is 4. The first-order valence-corrected chi connectivity index (χ1v) is 11.6. The van der Waals surface area contributed by atoms with E-state index in [1.165, 1.54) is 10.5 Å². The van der Waals surface area contributed by atoms with E-state index in [4.69, 9.17) is 0 Å². The van der Waals surface area contributed by atoms with E-state index in [-0.39, 0.29) is 30.0 Å². The van der Waals surface area contributed by atoms with Crippen LogP contribution in [0.3, 0.4) is 0 Å². The molecular formula is C28H32ClN3O2. The summed E-state index contributed by atoms with van der Waals surface area (Å²) in [6, 6.07) is 21.8. The van der Waals surface area contributed by atoms with Gasteiger partial charge in [-0.15, -0.1) is 0 Å². The first-order chi connectivity index (χ1) is 15.9. The van der Waals surface area contributed by atoms with Gasteiger partial charge in [-0.3, -0.25) is 9.59 Å². The van der Waals surface area contributed by atoms with Gasteiger partial charge in [-0.25, -0.2) is 0 Å². The van der Waals surface area contributed by atoms with Gasteiger partial charge in [0, 0.05) is 35.0 Å². The fourth-order valence-corrected chi connectivity index (χ4v) is 4.41. The lowest BCUT2D eigenvalue weighted by molar-refractivity contribution is -0.883. The van der Waals surface area contributed by atoms with E-state index < -0.39 is 0 Å². The molecule has 0 heterocycles. The van der Waals surface area contributed by atoms with Crippen LogP contribution in [0, 0.1) is 0 Å². The van der Waals surface area contributed by atoms with Crippen molar-refractivity contribution in [3.63, 3.8) is 0 Å². The number of ketones is 2. The lowest BCUT2D eigenvalue weighted by Crippen LogP contribution is -3.11. The third-order valence-corrected chi connectivity index (χ3v) is 6.20. The number of quaternary nitrogens is 1. The van der Waals surface area contributed by atoms with Gasteiger partial charge in [0.05, 0.1) is 31.8 Å². The molecule has 0 fully saturated rings. The Bertz CT molecular complexity index is 1180. The maximum atomic E-state index is 13.6. The Morgan fingerprint density at radius 2 is 1.29 bits per heavy atom. The smallest absolute Gasteiger partial charge is 0.196 e. The minimum absolute atomic E-state index is 0. The fraction of sp³-hybridized carbons (Fsp3) is 0.286. The lowest BCUT2D eigenvalue weighted by Gasteiger charge is -2.26. The molecule has 0 saturated carbocycles. The van der Waals surface area contributed by atoms with Gasteiger partial charge in [-0.2, -0.15) is 0 Å². The largest absolute Gasteiger partial charge is 1.00 e. The van der Waals surface area contributed by atoms with Crippen LogP contribution in [0.15, 0.2) is 66.7 Å². The van der Waals surface area contributed by atoms with Gasteiger partial charge in [0.2, 0.25) is 0 Å². The number of benzene rings is 3. The average molecular weight is 478 g/mol. The number of nitrogens with one attached hydrogen (secondary N) is 3. The quantitative estimate of drug-likeness (QED) is 0.345. The molecule has 0 spiro atoms. The van der Waals surface area contributed by atoms with Crippen molar-refractivity contribution in [2.75, 3.05) is 31.3 Å². The van der Waals surface area contributed by atoms with Crippen molar-refractivity contribution in [2.45, 2.75) is 32.4 Å². The van der Waals surface area contributed by atoms with Gasteiger partial charge < -0.3 is 27.9 Å². The number of likely N-dealkylation sites (N-methyl/N-ethyl adjacent to an activating group) is 1. The minimum atomic E-state index is -0.105. The van der Waals surface area contributed by atoms with E-state index in [1.807, 2.05) is 38.1 Å².